The monoisotopic (exact) mass is 437 g/mol. The van der Waals surface area contributed by atoms with Gasteiger partial charge < -0.3 is 15.2 Å². The van der Waals surface area contributed by atoms with Crippen LogP contribution in [-0.4, -0.2) is 28.6 Å². The van der Waals surface area contributed by atoms with Crippen molar-refractivity contribution in [2.75, 3.05) is 7.05 Å². The van der Waals surface area contributed by atoms with Gasteiger partial charge in [-0.1, -0.05) is 36.4 Å². The van der Waals surface area contributed by atoms with E-state index in [-0.39, 0.29) is 24.0 Å². The lowest BCUT2D eigenvalue weighted by molar-refractivity contribution is 0.633. The molecule has 0 unspecified atom stereocenters. The van der Waals surface area contributed by atoms with Gasteiger partial charge in [0.05, 0.1) is 6.33 Å². The Kier molecular flexibility index (Phi) is 7.30. The number of aliphatic imine (C=N–C) groups is 1. The standard InChI is InChI=1S/C18H23N5.HI/c1-19-18(22-17-7-2-3-8-17)21-12-15-5-4-6-16(11-15)13-23-10-9-20-14-23;/h2-6,9-11,14,17H,7-8,12-13H2,1H3,(H2,19,21,22);1H. The van der Waals surface area contributed by atoms with Gasteiger partial charge in [0.15, 0.2) is 5.96 Å². The second-order valence-electron chi connectivity index (χ2n) is 5.76. The number of hydrogen-bond donors (Lipinski definition) is 2. The quantitative estimate of drug-likeness (QED) is 0.328. The number of aromatic nitrogens is 2. The van der Waals surface area contributed by atoms with Gasteiger partial charge >= 0.3 is 0 Å². The molecule has 0 radical (unpaired) electrons. The zero-order chi connectivity index (χ0) is 15.9. The van der Waals surface area contributed by atoms with Gasteiger partial charge in [0, 0.05) is 38.6 Å². The molecule has 0 bridgehead atoms. The molecule has 0 fully saturated rings. The summed E-state index contributed by atoms with van der Waals surface area (Å²) in [5.74, 6) is 0.860. The molecule has 1 aliphatic rings. The molecule has 1 heterocycles. The average molecular weight is 437 g/mol. The van der Waals surface area contributed by atoms with Gasteiger partial charge in [-0.05, 0) is 24.0 Å². The van der Waals surface area contributed by atoms with Crippen LogP contribution in [0.2, 0.25) is 0 Å². The Morgan fingerprint density at radius 3 is 2.79 bits per heavy atom. The first-order valence-electron chi connectivity index (χ1n) is 7.99. The number of rotatable bonds is 5. The van der Waals surface area contributed by atoms with Crippen molar-refractivity contribution in [3.63, 3.8) is 0 Å². The maximum absolute atomic E-state index is 4.30. The van der Waals surface area contributed by atoms with Crippen LogP contribution in [0.3, 0.4) is 0 Å². The van der Waals surface area contributed by atoms with Crippen LogP contribution < -0.4 is 10.6 Å². The predicted molar refractivity (Wildman–Crippen MR) is 109 cm³/mol. The van der Waals surface area contributed by atoms with E-state index in [9.17, 15) is 0 Å². The fourth-order valence-electron chi connectivity index (χ4n) is 2.74. The Morgan fingerprint density at radius 2 is 2.08 bits per heavy atom. The minimum atomic E-state index is 0. The molecule has 128 valence electrons. The first-order chi connectivity index (χ1) is 11.3. The van der Waals surface area contributed by atoms with Crippen LogP contribution in [0.5, 0.6) is 0 Å². The summed E-state index contributed by atoms with van der Waals surface area (Å²) in [4.78, 5) is 8.39. The van der Waals surface area contributed by atoms with E-state index in [4.69, 9.17) is 0 Å². The summed E-state index contributed by atoms with van der Waals surface area (Å²) in [6, 6.07) is 9.06. The molecule has 0 saturated heterocycles. The zero-order valence-electron chi connectivity index (χ0n) is 13.9. The average Bonchev–Trinajstić information content (AvgIpc) is 3.25. The van der Waals surface area contributed by atoms with Crippen molar-refractivity contribution in [2.24, 2.45) is 4.99 Å². The molecule has 6 heteroatoms. The van der Waals surface area contributed by atoms with Crippen LogP contribution in [-0.2, 0) is 13.1 Å². The molecule has 1 aliphatic carbocycles. The Labute approximate surface area is 160 Å². The van der Waals surface area contributed by atoms with Crippen molar-refractivity contribution in [3.8, 4) is 0 Å². The number of halogens is 1. The van der Waals surface area contributed by atoms with Crippen LogP contribution in [0.15, 0.2) is 60.1 Å². The second-order valence-corrected chi connectivity index (χ2v) is 5.76. The topological polar surface area (TPSA) is 54.2 Å². The van der Waals surface area contributed by atoms with E-state index in [0.29, 0.717) is 6.04 Å². The molecule has 3 rings (SSSR count). The summed E-state index contributed by atoms with van der Waals surface area (Å²) in [5.41, 5.74) is 2.51. The minimum Gasteiger partial charge on any atom is -0.353 e. The lowest BCUT2D eigenvalue weighted by atomic mass is 10.1. The lowest BCUT2D eigenvalue weighted by Gasteiger charge is -2.17. The zero-order valence-corrected chi connectivity index (χ0v) is 16.2. The Balaban J connectivity index is 0.00000208. The van der Waals surface area contributed by atoms with Gasteiger partial charge in [-0.15, -0.1) is 24.0 Å². The molecule has 24 heavy (non-hydrogen) atoms. The van der Waals surface area contributed by atoms with Crippen molar-refractivity contribution < 1.29 is 0 Å². The molecule has 0 amide bonds. The van der Waals surface area contributed by atoms with E-state index in [1.165, 1.54) is 11.1 Å². The molecule has 0 atom stereocenters. The molecule has 0 aliphatic heterocycles. The molecule has 0 spiro atoms. The summed E-state index contributed by atoms with van der Waals surface area (Å²) < 4.78 is 2.07. The van der Waals surface area contributed by atoms with E-state index < -0.39 is 0 Å². The summed E-state index contributed by atoms with van der Waals surface area (Å²) in [6.45, 7) is 1.60. The van der Waals surface area contributed by atoms with Gasteiger partial charge in [-0.2, -0.15) is 0 Å². The molecule has 1 aromatic heterocycles. The third-order valence-electron chi connectivity index (χ3n) is 3.95. The molecular weight excluding hydrogens is 413 g/mol. The Hall–Kier alpha value is -1.83. The van der Waals surface area contributed by atoms with Crippen LogP contribution in [0.25, 0.3) is 0 Å². The van der Waals surface area contributed by atoms with Crippen molar-refractivity contribution in [1.82, 2.24) is 20.2 Å². The number of benzene rings is 1. The number of nitrogens with zero attached hydrogens (tertiary/aromatic N) is 3. The summed E-state index contributed by atoms with van der Waals surface area (Å²) in [6.07, 6.45) is 12.2. The van der Waals surface area contributed by atoms with Crippen LogP contribution >= 0.6 is 24.0 Å². The largest absolute Gasteiger partial charge is 0.353 e. The summed E-state index contributed by atoms with van der Waals surface area (Å²) in [5, 5.41) is 6.84. The van der Waals surface area contributed by atoms with Gasteiger partial charge in [0.25, 0.3) is 0 Å². The van der Waals surface area contributed by atoms with Crippen LogP contribution in [0.1, 0.15) is 24.0 Å². The van der Waals surface area contributed by atoms with Gasteiger partial charge in [-0.3, -0.25) is 4.99 Å². The van der Waals surface area contributed by atoms with Gasteiger partial charge in [-0.25, -0.2) is 4.98 Å². The predicted octanol–water partition coefficient (Wildman–Crippen LogP) is 2.93. The Bertz CT molecular complexity index is 670. The normalized spacial score (nSPS) is 14.5. The SMILES string of the molecule is CN=C(NCc1cccc(Cn2ccnc2)c1)NC1CC=CC1.I. The number of imidazole rings is 1. The molecule has 1 aromatic carbocycles. The third kappa shape index (κ3) is 5.36. The summed E-state index contributed by atoms with van der Waals surface area (Å²) in [7, 11) is 1.81. The highest BCUT2D eigenvalue weighted by Crippen LogP contribution is 2.09. The van der Waals surface area contributed by atoms with Gasteiger partial charge in [0.1, 0.15) is 0 Å². The molecule has 2 aromatic rings. The highest BCUT2D eigenvalue weighted by atomic mass is 127. The smallest absolute Gasteiger partial charge is 0.191 e. The third-order valence-corrected chi connectivity index (χ3v) is 3.95. The maximum Gasteiger partial charge on any atom is 0.191 e. The fourth-order valence-corrected chi connectivity index (χ4v) is 2.74. The lowest BCUT2D eigenvalue weighted by Crippen LogP contribution is -2.42. The molecular formula is C18H24IN5. The molecule has 0 saturated carbocycles. The summed E-state index contributed by atoms with van der Waals surface area (Å²) >= 11 is 0. The maximum atomic E-state index is 4.30. The first kappa shape index (κ1) is 18.5. The molecule has 5 nitrogen and oxygen atoms in total. The number of nitrogens with one attached hydrogen (secondary N) is 2. The van der Waals surface area contributed by atoms with E-state index in [1.54, 1.807) is 6.20 Å². The fraction of sp³-hybridized carbons (Fsp3) is 0.333. The van der Waals surface area contributed by atoms with E-state index in [2.05, 4.69) is 61.6 Å². The number of guanidine groups is 1. The molecule has 2 N–H and O–H groups in total. The second kappa shape index (κ2) is 9.46. The first-order valence-corrected chi connectivity index (χ1v) is 7.99. The van der Waals surface area contributed by atoms with Crippen molar-refractivity contribution in [2.45, 2.75) is 32.0 Å². The van der Waals surface area contributed by atoms with Crippen molar-refractivity contribution in [3.05, 3.63) is 66.3 Å². The highest BCUT2D eigenvalue weighted by Gasteiger charge is 2.11. The van der Waals surface area contributed by atoms with Crippen LogP contribution in [0.4, 0.5) is 0 Å². The highest BCUT2D eigenvalue weighted by molar-refractivity contribution is 14.0. The van der Waals surface area contributed by atoms with Crippen LogP contribution in [0, 0.1) is 0 Å². The van der Waals surface area contributed by atoms with E-state index in [0.717, 1.165) is 31.9 Å². The number of hydrogen-bond acceptors (Lipinski definition) is 2. The van der Waals surface area contributed by atoms with Crippen molar-refractivity contribution in [1.29, 1.82) is 0 Å². The van der Waals surface area contributed by atoms with Gasteiger partial charge in [0.2, 0.25) is 0 Å². The van der Waals surface area contributed by atoms with E-state index >= 15 is 0 Å². The minimum absolute atomic E-state index is 0. The Morgan fingerprint density at radius 1 is 1.29 bits per heavy atom. The van der Waals surface area contributed by atoms with Crippen molar-refractivity contribution >= 4 is 29.9 Å². The van der Waals surface area contributed by atoms with E-state index in [1.807, 2.05) is 19.6 Å².